The predicted octanol–water partition coefficient (Wildman–Crippen LogP) is 4.81. The minimum absolute atomic E-state index is 0.0239. The van der Waals surface area contributed by atoms with E-state index in [1.54, 1.807) is 24.3 Å². The van der Waals surface area contributed by atoms with Crippen molar-refractivity contribution < 1.29 is 13.2 Å². The molecule has 0 radical (unpaired) electrons. The van der Waals surface area contributed by atoms with E-state index < -0.39 is 10.0 Å². The van der Waals surface area contributed by atoms with Gasteiger partial charge in [-0.2, -0.15) is 0 Å². The number of carbonyl (C=O) groups excluding carboxylic acids is 1. The third kappa shape index (κ3) is 4.94. The number of halogens is 2. The van der Waals surface area contributed by atoms with Crippen molar-refractivity contribution in [2.75, 3.05) is 17.8 Å². The quantitative estimate of drug-likeness (QED) is 0.762. The van der Waals surface area contributed by atoms with Crippen LogP contribution in [0.1, 0.15) is 36.0 Å². The third-order valence-corrected chi connectivity index (χ3v) is 6.56. The van der Waals surface area contributed by atoms with E-state index in [2.05, 4.69) is 4.72 Å². The first-order valence-corrected chi connectivity index (χ1v) is 11.0. The minimum Gasteiger partial charge on any atom is -0.339 e. The van der Waals surface area contributed by atoms with Crippen molar-refractivity contribution in [3.63, 3.8) is 0 Å². The summed E-state index contributed by atoms with van der Waals surface area (Å²) >= 11 is 11.9. The van der Waals surface area contributed by atoms with Gasteiger partial charge in [0.05, 0.1) is 5.02 Å². The normalized spacial score (nSPS) is 15.3. The molecule has 1 N–H and O–H groups in total. The van der Waals surface area contributed by atoms with E-state index in [9.17, 15) is 13.2 Å². The maximum absolute atomic E-state index is 12.6. The van der Waals surface area contributed by atoms with Crippen LogP contribution in [0.4, 0.5) is 5.69 Å². The van der Waals surface area contributed by atoms with Gasteiger partial charge < -0.3 is 4.90 Å². The number of anilines is 1. The Hall–Kier alpha value is -1.76. The fourth-order valence-electron chi connectivity index (χ4n) is 3.03. The topological polar surface area (TPSA) is 66.5 Å². The average Bonchev–Trinajstić information content (AvgIpc) is 2.93. The van der Waals surface area contributed by atoms with Gasteiger partial charge in [0.25, 0.3) is 15.9 Å². The Morgan fingerprint density at radius 2 is 1.56 bits per heavy atom. The fraction of sp³-hybridized carbons (Fsp3) is 0.316. The number of nitrogens with zero attached hydrogens (tertiary/aromatic N) is 1. The van der Waals surface area contributed by atoms with Crippen LogP contribution >= 0.6 is 23.2 Å². The second-order valence-corrected chi connectivity index (χ2v) is 8.96. The summed E-state index contributed by atoms with van der Waals surface area (Å²) in [5.41, 5.74) is 0.888. The van der Waals surface area contributed by atoms with Crippen LogP contribution < -0.4 is 4.72 Å². The number of likely N-dealkylation sites (tertiary alicyclic amines) is 1. The Morgan fingerprint density at radius 1 is 0.926 bits per heavy atom. The number of nitrogens with one attached hydrogen (secondary N) is 1. The molecule has 5 nitrogen and oxygen atoms in total. The smallest absolute Gasteiger partial charge is 0.263 e. The second-order valence-electron chi connectivity index (χ2n) is 6.46. The van der Waals surface area contributed by atoms with Gasteiger partial charge >= 0.3 is 0 Å². The molecule has 1 aliphatic rings. The summed E-state index contributed by atoms with van der Waals surface area (Å²) in [6.07, 6.45) is 4.33. The molecule has 144 valence electrons. The maximum atomic E-state index is 12.6. The van der Waals surface area contributed by atoms with Crippen molar-refractivity contribution >= 4 is 44.8 Å². The third-order valence-electron chi connectivity index (χ3n) is 4.46. The van der Waals surface area contributed by atoms with Gasteiger partial charge in [-0.25, -0.2) is 8.42 Å². The van der Waals surface area contributed by atoms with Crippen LogP contribution in [0.25, 0.3) is 0 Å². The van der Waals surface area contributed by atoms with Gasteiger partial charge in [0, 0.05) is 29.4 Å². The lowest BCUT2D eigenvalue weighted by atomic mass is 10.2. The second kappa shape index (κ2) is 8.50. The largest absolute Gasteiger partial charge is 0.339 e. The predicted molar refractivity (Wildman–Crippen MR) is 108 cm³/mol. The highest BCUT2D eigenvalue weighted by atomic mass is 35.5. The van der Waals surface area contributed by atoms with Gasteiger partial charge in [-0.1, -0.05) is 36.0 Å². The summed E-state index contributed by atoms with van der Waals surface area (Å²) in [5, 5.41) is 0.359. The summed E-state index contributed by atoms with van der Waals surface area (Å²) in [4.78, 5) is 14.4. The van der Waals surface area contributed by atoms with Gasteiger partial charge in [-0.15, -0.1) is 0 Å². The zero-order valence-corrected chi connectivity index (χ0v) is 16.9. The summed E-state index contributed by atoms with van der Waals surface area (Å²) < 4.78 is 27.6. The number of hydrogen-bond acceptors (Lipinski definition) is 3. The van der Waals surface area contributed by atoms with E-state index in [1.807, 2.05) is 4.90 Å². The molecule has 0 bridgehead atoms. The summed E-state index contributed by atoms with van der Waals surface area (Å²) in [5.74, 6) is -0.0239. The van der Waals surface area contributed by atoms with E-state index >= 15 is 0 Å². The standard InChI is InChI=1S/C19H20Cl2N2O3S/c20-15-7-10-17(21)18(13-15)27(25,26)22-16-8-5-14(6-9-16)19(24)23-11-3-1-2-4-12-23/h5-10,13,22H,1-4,11-12H2. The molecule has 0 spiro atoms. The molecule has 8 heteroatoms. The molecule has 2 aromatic rings. The lowest BCUT2D eigenvalue weighted by molar-refractivity contribution is 0.0761. The number of hydrogen-bond donors (Lipinski definition) is 1. The van der Waals surface area contributed by atoms with Crippen LogP contribution in [0.15, 0.2) is 47.4 Å². The first-order chi connectivity index (χ1) is 12.9. The van der Waals surface area contributed by atoms with Gasteiger partial charge in [0.15, 0.2) is 0 Å². The highest BCUT2D eigenvalue weighted by molar-refractivity contribution is 7.92. The molecule has 27 heavy (non-hydrogen) atoms. The van der Waals surface area contributed by atoms with Gasteiger partial charge in [-0.05, 0) is 55.3 Å². The van der Waals surface area contributed by atoms with Gasteiger partial charge in [-0.3, -0.25) is 9.52 Å². The van der Waals surface area contributed by atoms with Gasteiger partial charge in [0.2, 0.25) is 0 Å². The molecule has 2 aromatic carbocycles. The Bertz CT molecular complexity index is 922. The van der Waals surface area contributed by atoms with E-state index in [-0.39, 0.29) is 20.8 Å². The van der Waals surface area contributed by atoms with Crippen molar-refractivity contribution in [3.8, 4) is 0 Å². The Morgan fingerprint density at radius 3 is 2.19 bits per heavy atom. The first-order valence-electron chi connectivity index (χ1n) is 8.74. The molecule has 1 fully saturated rings. The van der Waals surface area contributed by atoms with Crippen LogP contribution in [-0.4, -0.2) is 32.3 Å². The maximum Gasteiger partial charge on any atom is 0.263 e. The monoisotopic (exact) mass is 426 g/mol. The minimum atomic E-state index is -3.89. The van der Waals surface area contributed by atoms with Crippen LogP contribution in [0.5, 0.6) is 0 Å². The molecule has 0 unspecified atom stereocenters. The molecule has 0 atom stereocenters. The lowest BCUT2D eigenvalue weighted by Crippen LogP contribution is -2.31. The van der Waals surface area contributed by atoms with Gasteiger partial charge in [0.1, 0.15) is 4.90 Å². The number of rotatable bonds is 4. The van der Waals surface area contributed by atoms with Crippen molar-refractivity contribution in [3.05, 3.63) is 58.1 Å². The van der Waals surface area contributed by atoms with Crippen molar-refractivity contribution in [2.45, 2.75) is 30.6 Å². The van der Waals surface area contributed by atoms with Crippen molar-refractivity contribution in [2.24, 2.45) is 0 Å². The molecule has 1 amide bonds. The molecule has 3 rings (SSSR count). The van der Waals surface area contributed by atoms with E-state index in [0.717, 1.165) is 38.8 Å². The molecule has 0 aromatic heterocycles. The Balaban J connectivity index is 1.75. The molecule has 0 aliphatic carbocycles. The lowest BCUT2D eigenvalue weighted by Gasteiger charge is -2.20. The number of sulfonamides is 1. The van der Waals surface area contributed by atoms with E-state index in [0.29, 0.717) is 11.3 Å². The zero-order chi connectivity index (χ0) is 19.4. The van der Waals surface area contributed by atoms with Crippen molar-refractivity contribution in [1.29, 1.82) is 0 Å². The highest BCUT2D eigenvalue weighted by Crippen LogP contribution is 2.27. The molecule has 1 heterocycles. The number of amides is 1. The summed E-state index contributed by atoms with van der Waals surface area (Å²) in [7, 11) is -3.89. The molecule has 1 saturated heterocycles. The molecule has 1 aliphatic heterocycles. The number of carbonyl (C=O) groups is 1. The molecular formula is C19H20Cl2N2O3S. The van der Waals surface area contributed by atoms with Crippen LogP contribution in [-0.2, 0) is 10.0 Å². The molecule has 0 saturated carbocycles. The fourth-order valence-corrected chi connectivity index (χ4v) is 4.85. The SMILES string of the molecule is O=C(c1ccc(NS(=O)(=O)c2cc(Cl)ccc2Cl)cc1)N1CCCCCC1. The van der Waals surface area contributed by atoms with Crippen LogP contribution in [0.2, 0.25) is 10.0 Å². The summed E-state index contributed by atoms with van der Waals surface area (Å²) in [6.45, 7) is 1.53. The summed E-state index contributed by atoms with van der Waals surface area (Å²) in [6, 6.07) is 10.6. The zero-order valence-electron chi connectivity index (χ0n) is 14.6. The number of benzene rings is 2. The average molecular weight is 427 g/mol. The van der Waals surface area contributed by atoms with E-state index in [4.69, 9.17) is 23.2 Å². The first kappa shape index (κ1) is 20.0. The Kier molecular flexibility index (Phi) is 6.29. The highest BCUT2D eigenvalue weighted by Gasteiger charge is 2.20. The Labute approximate surface area is 169 Å². The van der Waals surface area contributed by atoms with E-state index in [1.165, 1.54) is 18.2 Å². The molecular weight excluding hydrogens is 407 g/mol. The van der Waals surface area contributed by atoms with Crippen LogP contribution in [0, 0.1) is 0 Å². The van der Waals surface area contributed by atoms with Crippen LogP contribution in [0.3, 0.4) is 0 Å². The van der Waals surface area contributed by atoms with Crippen molar-refractivity contribution in [1.82, 2.24) is 4.90 Å².